The zero-order valence-electron chi connectivity index (χ0n) is 7.41. The molecule has 0 aliphatic rings. The van der Waals surface area contributed by atoms with Crippen molar-refractivity contribution < 1.29 is 0 Å². The first-order valence-electron chi connectivity index (χ1n) is 4.13. The van der Waals surface area contributed by atoms with Gasteiger partial charge in [-0.2, -0.15) is 5.26 Å². The quantitative estimate of drug-likeness (QED) is 0.666. The highest BCUT2D eigenvalue weighted by Gasteiger charge is 2.03. The molecule has 1 rings (SSSR count). The zero-order valence-corrected chi connectivity index (χ0v) is 7.41. The number of rotatable bonds is 2. The van der Waals surface area contributed by atoms with E-state index in [1.807, 2.05) is 12.3 Å². The van der Waals surface area contributed by atoms with Crippen LogP contribution in [-0.2, 0) is 0 Å². The van der Waals surface area contributed by atoms with Gasteiger partial charge < -0.3 is 0 Å². The lowest BCUT2D eigenvalue weighted by Gasteiger charge is -2.07. The molecule has 12 heavy (non-hydrogen) atoms. The molecule has 0 amide bonds. The zero-order chi connectivity index (χ0) is 8.97. The highest BCUT2D eigenvalue weighted by molar-refractivity contribution is 5.30. The summed E-state index contributed by atoms with van der Waals surface area (Å²) in [4.78, 5) is 4.00. The molecule has 62 valence electrons. The topological polar surface area (TPSA) is 36.7 Å². The van der Waals surface area contributed by atoms with Crippen LogP contribution in [0.4, 0.5) is 0 Å². The number of aromatic nitrogens is 1. The van der Waals surface area contributed by atoms with Crippen LogP contribution in [0.3, 0.4) is 0 Å². The average Bonchev–Trinajstić information content (AvgIpc) is 2.17. The van der Waals surface area contributed by atoms with Crippen LogP contribution in [0.1, 0.15) is 37.3 Å². The van der Waals surface area contributed by atoms with Gasteiger partial charge in [0.2, 0.25) is 0 Å². The van der Waals surface area contributed by atoms with Crippen molar-refractivity contribution in [1.29, 1.82) is 5.26 Å². The standard InChI is InChI=1S/C10H12N2/c1-3-8(2)10-4-9(5-11)6-12-7-10/h4,6-8H,3H2,1-2H3. The molecule has 0 spiro atoms. The predicted octanol–water partition coefficient (Wildman–Crippen LogP) is 2.47. The van der Waals surface area contributed by atoms with Gasteiger partial charge in [0, 0.05) is 12.4 Å². The number of nitrogens with zero attached hydrogens (tertiary/aromatic N) is 2. The molecule has 0 saturated heterocycles. The molecule has 0 fully saturated rings. The van der Waals surface area contributed by atoms with Crippen LogP contribution in [0.15, 0.2) is 18.5 Å². The molecule has 1 aromatic heterocycles. The molecule has 1 heterocycles. The molecule has 0 aromatic carbocycles. The first-order chi connectivity index (χ1) is 5.77. The molecule has 2 nitrogen and oxygen atoms in total. The third-order valence-electron chi connectivity index (χ3n) is 2.07. The van der Waals surface area contributed by atoms with E-state index in [0.29, 0.717) is 11.5 Å². The molecule has 0 aliphatic heterocycles. The first kappa shape index (κ1) is 8.73. The fourth-order valence-corrected chi connectivity index (χ4v) is 1.02. The van der Waals surface area contributed by atoms with E-state index in [4.69, 9.17) is 5.26 Å². The molecule has 0 radical (unpaired) electrons. The van der Waals surface area contributed by atoms with Crippen LogP contribution in [0.25, 0.3) is 0 Å². The van der Waals surface area contributed by atoms with Gasteiger partial charge in [-0.15, -0.1) is 0 Å². The number of hydrogen-bond donors (Lipinski definition) is 0. The van der Waals surface area contributed by atoms with Gasteiger partial charge in [0.05, 0.1) is 5.56 Å². The van der Waals surface area contributed by atoms with E-state index in [2.05, 4.69) is 24.9 Å². The largest absolute Gasteiger partial charge is 0.263 e. The Kier molecular flexibility index (Phi) is 2.82. The summed E-state index contributed by atoms with van der Waals surface area (Å²) in [6, 6.07) is 3.99. The molecule has 1 aromatic rings. The van der Waals surface area contributed by atoms with Gasteiger partial charge in [-0.25, -0.2) is 0 Å². The second kappa shape index (κ2) is 3.87. The van der Waals surface area contributed by atoms with Crippen LogP contribution in [0.5, 0.6) is 0 Å². The van der Waals surface area contributed by atoms with E-state index < -0.39 is 0 Å². The van der Waals surface area contributed by atoms with Gasteiger partial charge in [0.1, 0.15) is 6.07 Å². The average molecular weight is 160 g/mol. The van der Waals surface area contributed by atoms with Gasteiger partial charge in [0.25, 0.3) is 0 Å². The monoisotopic (exact) mass is 160 g/mol. The summed E-state index contributed by atoms with van der Waals surface area (Å²) in [7, 11) is 0. The Bertz CT molecular complexity index is 299. The molecule has 1 unspecified atom stereocenters. The van der Waals surface area contributed by atoms with Crippen molar-refractivity contribution in [3.8, 4) is 6.07 Å². The highest BCUT2D eigenvalue weighted by Crippen LogP contribution is 2.17. The summed E-state index contributed by atoms with van der Waals surface area (Å²) in [6.07, 6.45) is 4.50. The van der Waals surface area contributed by atoms with Crippen molar-refractivity contribution in [2.45, 2.75) is 26.2 Å². The Balaban J connectivity index is 2.95. The lowest BCUT2D eigenvalue weighted by atomic mass is 10.00. The summed E-state index contributed by atoms with van der Waals surface area (Å²) in [5.74, 6) is 0.491. The molecule has 0 aliphatic carbocycles. The molecule has 1 atom stereocenters. The van der Waals surface area contributed by atoms with Crippen LogP contribution in [0.2, 0.25) is 0 Å². The second-order valence-corrected chi connectivity index (χ2v) is 2.93. The minimum Gasteiger partial charge on any atom is -0.263 e. The van der Waals surface area contributed by atoms with E-state index >= 15 is 0 Å². The molecule has 0 bridgehead atoms. The van der Waals surface area contributed by atoms with Crippen molar-refractivity contribution in [3.63, 3.8) is 0 Å². The molecular formula is C10H12N2. The summed E-state index contributed by atoms with van der Waals surface area (Å²) in [6.45, 7) is 4.27. The Hall–Kier alpha value is -1.36. The van der Waals surface area contributed by atoms with E-state index in [1.54, 1.807) is 6.20 Å². The Labute approximate surface area is 72.9 Å². The minimum atomic E-state index is 0.491. The van der Waals surface area contributed by atoms with Crippen molar-refractivity contribution in [2.75, 3.05) is 0 Å². The fraction of sp³-hybridized carbons (Fsp3) is 0.400. The first-order valence-corrected chi connectivity index (χ1v) is 4.13. The van der Waals surface area contributed by atoms with Gasteiger partial charge in [-0.1, -0.05) is 13.8 Å². The Morgan fingerprint density at radius 3 is 2.92 bits per heavy atom. The number of pyridine rings is 1. The second-order valence-electron chi connectivity index (χ2n) is 2.93. The van der Waals surface area contributed by atoms with Crippen LogP contribution >= 0.6 is 0 Å². The lowest BCUT2D eigenvalue weighted by Crippen LogP contribution is -1.92. The van der Waals surface area contributed by atoms with E-state index in [-0.39, 0.29) is 0 Å². The Morgan fingerprint density at radius 2 is 2.33 bits per heavy atom. The van der Waals surface area contributed by atoms with Crippen molar-refractivity contribution >= 4 is 0 Å². The Morgan fingerprint density at radius 1 is 1.58 bits per heavy atom. The van der Waals surface area contributed by atoms with Gasteiger partial charge in [-0.3, -0.25) is 4.98 Å². The third kappa shape index (κ3) is 1.82. The lowest BCUT2D eigenvalue weighted by molar-refractivity contribution is 0.729. The minimum absolute atomic E-state index is 0.491. The predicted molar refractivity (Wildman–Crippen MR) is 47.7 cm³/mol. The van der Waals surface area contributed by atoms with Gasteiger partial charge in [-0.05, 0) is 24.0 Å². The van der Waals surface area contributed by atoms with Gasteiger partial charge >= 0.3 is 0 Å². The molecular weight excluding hydrogens is 148 g/mol. The van der Waals surface area contributed by atoms with E-state index in [9.17, 15) is 0 Å². The van der Waals surface area contributed by atoms with Crippen LogP contribution < -0.4 is 0 Å². The maximum atomic E-state index is 8.63. The van der Waals surface area contributed by atoms with Crippen molar-refractivity contribution in [3.05, 3.63) is 29.6 Å². The SMILES string of the molecule is CCC(C)c1cncc(C#N)c1. The fourth-order valence-electron chi connectivity index (χ4n) is 1.02. The number of nitriles is 1. The summed E-state index contributed by atoms with van der Waals surface area (Å²) in [5, 5.41) is 8.63. The third-order valence-corrected chi connectivity index (χ3v) is 2.07. The van der Waals surface area contributed by atoms with E-state index in [0.717, 1.165) is 12.0 Å². The van der Waals surface area contributed by atoms with Crippen molar-refractivity contribution in [2.24, 2.45) is 0 Å². The highest BCUT2D eigenvalue weighted by atomic mass is 14.6. The summed E-state index contributed by atoms with van der Waals surface area (Å²) < 4.78 is 0. The van der Waals surface area contributed by atoms with Gasteiger partial charge in [0.15, 0.2) is 0 Å². The normalized spacial score (nSPS) is 12.1. The van der Waals surface area contributed by atoms with E-state index in [1.165, 1.54) is 0 Å². The smallest absolute Gasteiger partial charge is 0.101 e. The van der Waals surface area contributed by atoms with Crippen LogP contribution in [-0.4, -0.2) is 4.98 Å². The number of hydrogen-bond acceptors (Lipinski definition) is 2. The summed E-state index contributed by atoms with van der Waals surface area (Å²) >= 11 is 0. The van der Waals surface area contributed by atoms with Crippen LogP contribution in [0, 0.1) is 11.3 Å². The molecule has 0 N–H and O–H groups in total. The summed E-state index contributed by atoms with van der Waals surface area (Å²) in [5.41, 5.74) is 1.80. The molecule has 2 heteroatoms. The maximum Gasteiger partial charge on any atom is 0.101 e. The van der Waals surface area contributed by atoms with Crippen molar-refractivity contribution in [1.82, 2.24) is 4.98 Å². The maximum absolute atomic E-state index is 8.63. The molecule has 0 saturated carbocycles.